The Hall–Kier alpha value is -1.32. The highest BCUT2D eigenvalue weighted by Crippen LogP contribution is 2.14. The molecule has 0 unspecified atom stereocenters. The van der Waals surface area contributed by atoms with Crippen LogP contribution in [-0.4, -0.2) is 15.5 Å². The second-order valence-electron chi connectivity index (χ2n) is 3.31. The Morgan fingerprint density at radius 1 is 1.62 bits per heavy atom. The second-order valence-corrected chi connectivity index (χ2v) is 3.31. The lowest BCUT2D eigenvalue weighted by atomic mass is 9.98. The van der Waals surface area contributed by atoms with Gasteiger partial charge in [0, 0.05) is 18.8 Å². The van der Waals surface area contributed by atoms with Gasteiger partial charge in [-0.2, -0.15) is 5.10 Å². The van der Waals surface area contributed by atoms with Crippen LogP contribution in [0.2, 0.25) is 0 Å². The Bertz CT molecular complexity index is 310. The second kappa shape index (κ2) is 3.60. The smallest absolute Gasteiger partial charge is 0.145 e. The topological polar surface area (TPSA) is 39.4 Å². The van der Waals surface area contributed by atoms with Crippen LogP contribution in [0.25, 0.3) is 0 Å². The molecule has 1 aliphatic rings. The predicted molar refractivity (Wildman–Crippen MR) is 49.3 cm³/mol. The van der Waals surface area contributed by atoms with Crippen molar-refractivity contribution in [3.8, 4) is 0 Å². The van der Waals surface area contributed by atoms with E-state index >= 15 is 0 Å². The number of hydrogen-bond acceptors (Lipinski definition) is 3. The average Bonchev–Trinajstić information content (AvgIpc) is 2.42. The zero-order valence-electron chi connectivity index (χ0n) is 7.73. The molecular weight excluding hydrogens is 166 g/mol. The van der Waals surface area contributed by atoms with E-state index < -0.39 is 0 Å². The van der Waals surface area contributed by atoms with Crippen molar-refractivity contribution in [1.29, 1.82) is 0 Å². The van der Waals surface area contributed by atoms with Gasteiger partial charge in [-0.05, 0) is 19.3 Å². The molecule has 0 bridgehead atoms. The van der Waals surface area contributed by atoms with Crippen LogP contribution in [0.3, 0.4) is 0 Å². The van der Waals surface area contributed by atoms with E-state index in [2.05, 4.69) is 10.3 Å². The van der Waals surface area contributed by atoms with E-state index in [1.54, 1.807) is 10.9 Å². The maximum atomic E-state index is 5.17. The first-order valence-electron chi connectivity index (χ1n) is 4.50. The first-order chi connectivity index (χ1) is 6.34. The number of oxime groups is 1. The van der Waals surface area contributed by atoms with Gasteiger partial charge in [-0.15, -0.1) is 0 Å². The highest BCUT2D eigenvalue weighted by Gasteiger charge is 2.10. The van der Waals surface area contributed by atoms with Crippen molar-refractivity contribution in [1.82, 2.24) is 9.78 Å². The summed E-state index contributed by atoms with van der Waals surface area (Å²) in [7, 11) is 1.89. The molecule has 0 atom stereocenters. The molecule has 0 amide bonds. The minimum atomic E-state index is 0.525. The monoisotopic (exact) mass is 179 g/mol. The number of nitrogens with zero attached hydrogens (tertiary/aromatic N) is 3. The Balaban J connectivity index is 1.79. The van der Waals surface area contributed by atoms with Crippen molar-refractivity contribution in [2.75, 3.05) is 0 Å². The molecular formula is C9H13N3O. The molecule has 4 nitrogen and oxygen atoms in total. The Labute approximate surface area is 77.2 Å². The fourth-order valence-corrected chi connectivity index (χ4v) is 1.17. The van der Waals surface area contributed by atoms with Gasteiger partial charge in [-0.3, -0.25) is 4.68 Å². The van der Waals surface area contributed by atoms with Crippen LogP contribution < -0.4 is 0 Å². The molecule has 0 N–H and O–H groups in total. The zero-order chi connectivity index (χ0) is 9.10. The van der Waals surface area contributed by atoms with E-state index in [1.807, 2.05) is 13.2 Å². The molecule has 0 aliphatic heterocycles. The van der Waals surface area contributed by atoms with Crippen molar-refractivity contribution in [3.05, 3.63) is 18.0 Å². The molecule has 0 radical (unpaired) electrons. The van der Waals surface area contributed by atoms with Gasteiger partial charge in [-0.25, -0.2) is 0 Å². The van der Waals surface area contributed by atoms with Gasteiger partial charge in [0.05, 0.1) is 11.9 Å². The quantitative estimate of drug-likeness (QED) is 0.659. The number of hydrogen-bond donors (Lipinski definition) is 0. The first-order valence-corrected chi connectivity index (χ1v) is 4.50. The number of aromatic nitrogens is 2. The molecule has 1 saturated carbocycles. The molecule has 1 aliphatic carbocycles. The third-order valence-corrected chi connectivity index (χ3v) is 2.11. The van der Waals surface area contributed by atoms with Crippen LogP contribution in [0.15, 0.2) is 17.5 Å². The summed E-state index contributed by atoms with van der Waals surface area (Å²) in [4.78, 5) is 5.17. The maximum Gasteiger partial charge on any atom is 0.145 e. The molecule has 1 fully saturated rings. The maximum absolute atomic E-state index is 5.17. The predicted octanol–water partition coefficient (Wildman–Crippen LogP) is 1.48. The van der Waals surface area contributed by atoms with Gasteiger partial charge in [0.15, 0.2) is 0 Å². The lowest BCUT2D eigenvalue weighted by molar-refractivity contribution is 0.128. The third-order valence-electron chi connectivity index (χ3n) is 2.11. The van der Waals surface area contributed by atoms with Crippen LogP contribution in [0.5, 0.6) is 0 Å². The Kier molecular flexibility index (Phi) is 2.29. The summed E-state index contributed by atoms with van der Waals surface area (Å²) in [6.07, 6.45) is 7.19. The summed E-state index contributed by atoms with van der Waals surface area (Å²) in [6.45, 7) is 0.525. The summed E-state index contributed by atoms with van der Waals surface area (Å²) in [5, 5.41) is 8.05. The fraction of sp³-hybridized carbons (Fsp3) is 0.556. The summed E-state index contributed by atoms with van der Waals surface area (Å²) in [6, 6.07) is 0. The van der Waals surface area contributed by atoms with Crippen molar-refractivity contribution in [2.24, 2.45) is 12.2 Å². The third kappa shape index (κ3) is 2.08. The van der Waals surface area contributed by atoms with Crippen LogP contribution in [0, 0.1) is 0 Å². The van der Waals surface area contributed by atoms with E-state index in [0.29, 0.717) is 6.61 Å². The van der Waals surface area contributed by atoms with Crippen LogP contribution in [0.1, 0.15) is 24.8 Å². The fourth-order valence-electron chi connectivity index (χ4n) is 1.17. The first kappa shape index (κ1) is 8.29. The molecule has 70 valence electrons. The number of aryl methyl sites for hydroxylation is 1. The lowest BCUT2D eigenvalue weighted by Gasteiger charge is -2.12. The van der Waals surface area contributed by atoms with Gasteiger partial charge in [0.25, 0.3) is 0 Å². The summed E-state index contributed by atoms with van der Waals surface area (Å²) in [5.74, 6) is 0. The standard InChI is InChI=1S/C9H13N3O/c1-12-6-8(5-10-12)7-13-11-9-3-2-4-9/h5-6H,2-4,7H2,1H3. The Morgan fingerprint density at radius 2 is 2.46 bits per heavy atom. The summed E-state index contributed by atoms with van der Waals surface area (Å²) < 4.78 is 1.76. The SMILES string of the molecule is Cn1cc(CON=C2CCC2)cn1. The summed E-state index contributed by atoms with van der Waals surface area (Å²) in [5.41, 5.74) is 2.25. The van der Waals surface area contributed by atoms with E-state index in [1.165, 1.54) is 12.1 Å². The molecule has 0 spiro atoms. The average molecular weight is 179 g/mol. The minimum Gasteiger partial charge on any atom is -0.391 e. The van der Waals surface area contributed by atoms with Crippen LogP contribution in [0.4, 0.5) is 0 Å². The molecule has 1 aromatic rings. The molecule has 13 heavy (non-hydrogen) atoms. The van der Waals surface area contributed by atoms with E-state index in [0.717, 1.165) is 18.4 Å². The highest BCUT2D eigenvalue weighted by atomic mass is 16.6. The molecule has 4 heteroatoms. The van der Waals surface area contributed by atoms with E-state index in [4.69, 9.17) is 4.84 Å². The normalized spacial score (nSPS) is 15.3. The number of rotatable bonds is 3. The lowest BCUT2D eigenvalue weighted by Crippen LogP contribution is -2.09. The summed E-state index contributed by atoms with van der Waals surface area (Å²) >= 11 is 0. The van der Waals surface area contributed by atoms with Crippen molar-refractivity contribution in [3.63, 3.8) is 0 Å². The van der Waals surface area contributed by atoms with Gasteiger partial charge >= 0.3 is 0 Å². The van der Waals surface area contributed by atoms with Crippen molar-refractivity contribution in [2.45, 2.75) is 25.9 Å². The zero-order valence-corrected chi connectivity index (χ0v) is 7.73. The van der Waals surface area contributed by atoms with E-state index in [9.17, 15) is 0 Å². The largest absolute Gasteiger partial charge is 0.391 e. The van der Waals surface area contributed by atoms with Crippen molar-refractivity contribution < 1.29 is 4.84 Å². The molecule has 0 aromatic carbocycles. The van der Waals surface area contributed by atoms with Gasteiger partial charge < -0.3 is 4.84 Å². The molecule has 1 heterocycles. The van der Waals surface area contributed by atoms with Crippen LogP contribution in [-0.2, 0) is 18.5 Å². The van der Waals surface area contributed by atoms with Crippen molar-refractivity contribution >= 4 is 5.71 Å². The molecule has 2 rings (SSSR count). The van der Waals surface area contributed by atoms with Gasteiger partial charge in [-0.1, -0.05) is 5.16 Å². The van der Waals surface area contributed by atoms with Crippen LogP contribution >= 0.6 is 0 Å². The molecule has 1 aromatic heterocycles. The molecule has 0 saturated heterocycles. The highest BCUT2D eigenvalue weighted by molar-refractivity contribution is 5.88. The van der Waals surface area contributed by atoms with E-state index in [-0.39, 0.29) is 0 Å². The minimum absolute atomic E-state index is 0.525. The Morgan fingerprint density at radius 3 is 3.00 bits per heavy atom. The van der Waals surface area contributed by atoms with Gasteiger partial charge in [0.1, 0.15) is 6.61 Å². The van der Waals surface area contributed by atoms with Gasteiger partial charge in [0.2, 0.25) is 0 Å².